The molecule has 0 unspecified atom stereocenters. The molecular formula is C15H13BFNO4S. The summed E-state index contributed by atoms with van der Waals surface area (Å²) in [7, 11) is -5.84. The van der Waals surface area contributed by atoms with E-state index in [4.69, 9.17) is 0 Å². The van der Waals surface area contributed by atoms with Crippen molar-refractivity contribution in [3.05, 3.63) is 60.0 Å². The summed E-state index contributed by atoms with van der Waals surface area (Å²) < 4.78 is 39.9. The number of nitrogens with zero attached hydrogens (tertiary/aromatic N) is 1. The Morgan fingerprint density at radius 1 is 1.09 bits per heavy atom. The zero-order valence-corrected chi connectivity index (χ0v) is 13.0. The van der Waals surface area contributed by atoms with Crippen molar-refractivity contribution >= 4 is 33.5 Å². The largest absolute Gasteiger partial charge is 0.490 e. The van der Waals surface area contributed by atoms with Crippen molar-refractivity contribution in [3.63, 3.8) is 0 Å². The van der Waals surface area contributed by atoms with Crippen LogP contribution in [0.4, 0.5) is 4.39 Å². The van der Waals surface area contributed by atoms with Crippen LogP contribution in [0.25, 0.3) is 10.9 Å². The van der Waals surface area contributed by atoms with Crippen molar-refractivity contribution in [3.8, 4) is 0 Å². The molecule has 0 radical (unpaired) electrons. The van der Waals surface area contributed by atoms with Crippen LogP contribution in [0.5, 0.6) is 0 Å². The maximum absolute atomic E-state index is 13.4. The monoisotopic (exact) mass is 333 g/mol. The fraction of sp³-hybridized carbons (Fsp3) is 0.0667. The van der Waals surface area contributed by atoms with E-state index in [-0.39, 0.29) is 21.3 Å². The van der Waals surface area contributed by atoms with E-state index >= 15 is 0 Å². The lowest BCUT2D eigenvalue weighted by atomic mass is 9.80. The lowest BCUT2D eigenvalue weighted by molar-refractivity contribution is 0.426. The molecule has 0 saturated carbocycles. The Kier molecular flexibility index (Phi) is 3.75. The van der Waals surface area contributed by atoms with Crippen LogP contribution in [-0.2, 0) is 10.0 Å². The van der Waals surface area contributed by atoms with Crippen LogP contribution in [0.1, 0.15) is 5.56 Å². The van der Waals surface area contributed by atoms with Crippen LogP contribution in [0.15, 0.2) is 53.6 Å². The van der Waals surface area contributed by atoms with Gasteiger partial charge >= 0.3 is 7.12 Å². The first kappa shape index (κ1) is 15.7. The van der Waals surface area contributed by atoms with Gasteiger partial charge < -0.3 is 10.0 Å². The number of fused-ring (bicyclic) bond motifs is 1. The Hall–Kier alpha value is -2.16. The quantitative estimate of drug-likeness (QED) is 0.701. The lowest BCUT2D eigenvalue weighted by Crippen LogP contribution is -2.29. The van der Waals surface area contributed by atoms with Crippen LogP contribution in [-0.4, -0.2) is 29.6 Å². The van der Waals surface area contributed by atoms with Crippen LogP contribution >= 0.6 is 0 Å². The molecule has 0 amide bonds. The molecule has 118 valence electrons. The molecule has 23 heavy (non-hydrogen) atoms. The first-order valence-corrected chi connectivity index (χ1v) is 8.23. The summed E-state index contributed by atoms with van der Waals surface area (Å²) in [5.41, 5.74) is 1.01. The van der Waals surface area contributed by atoms with Gasteiger partial charge in [-0.1, -0.05) is 17.7 Å². The summed E-state index contributed by atoms with van der Waals surface area (Å²) in [5, 5.41) is 19.0. The Balaban J connectivity index is 2.29. The standard InChI is InChI=1S/C15H13BFNO4S/c1-10-2-5-12(6-3-10)23(21,22)18-9-14(16(19)20)13-8-11(17)4-7-15(13)18/h2-9,19-20H,1H3. The molecule has 0 bridgehead atoms. The first-order chi connectivity index (χ1) is 10.8. The fourth-order valence-corrected chi connectivity index (χ4v) is 3.80. The van der Waals surface area contributed by atoms with Gasteiger partial charge in [-0.25, -0.2) is 16.8 Å². The molecule has 1 heterocycles. The average Bonchev–Trinajstić information content (AvgIpc) is 2.87. The molecule has 2 aromatic carbocycles. The second-order valence-corrected chi connectivity index (χ2v) is 7.05. The third-order valence-electron chi connectivity index (χ3n) is 3.62. The van der Waals surface area contributed by atoms with Crippen LogP contribution in [0.3, 0.4) is 0 Å². The molecule has 0 aliphatic heterocycles. The highest BCUT2D eigenvalue weighted by Gasteiger charge is 2.25. The van der Waals surface area contributed by atoms with Gasteiger partial charge in [0, 0.05) is 17.0 Å². The SMILES string of the molecule is Cc1ccc(S(=O)(=O)n2cc(B(O)O)c3cc(F)ccc32)cc1. The highest BCUT2D eigenvalue weighted by atomic mass is 32.2. The Morgan fingerprint density at radius 2 is 1.74 bits per heavy atom. The molecular weight excluding hydrogens is 320 g/mol. The normalized spacial score (nSPS) is 11.8. The van der Waals surface area contributed by atoms with Gasteiger partial charge in [0.15, 0.2) is 0 Å². The van der Waals surface area contributed by atoms with E-state index in [1.54, 1.807) is 12.1 Å². The maximum Gasteiger partial charge on any atom is 0.490 e. The molecule has 0 aliphatic carbocycles. The summed E-state index contributed by atoms with van der Waals surface area (Å²) in [6.45, 7) is 1.84. The summed E-state index contributed by atoms with van der Waals surface area (Å²) >= 11 is 0. The van der Waals surface area contributed by atoms with Crippen molar-refractivity contribution in [1.82, 2.24) is 3.97 Å². The van der Waals surface area contributed by atoms with Crippen LogP contribution in [0, 0.1) is 12.7 Å². The second-order valence-electron chi connectivity index (χ2n) is 5.23. The van der Waals surface area contributed by atoms with Crippen molar-refractivity contribution in [2.24, 2.45) is 0 Å². The summed E-state index contributed by atoms with van der Waals surface area (Å²) in [6, 6.07) is 9.76. The summed E-state index contributed by atoms with van der Waals surface area (Å²) in [4.78, 5) is 0.0586. The van der Waals surface area contributed by atoms with Crippen molar-refractivity contribution in [2.45, 2.75) is 11.8 Å². The molecule has 3 aromatic rings. The Labute approximate surface area is 132 Å². The van der Waals surface area contributed by atoms with Gasteiger partial charge in [-0.2, -0.15) is 0 Å². The molecule has 8 heteroatoms. The molecule has 0 aliphatic rings. The Morgan fingerprint density at radius 3 is 2.35 bits per heavy atom. The molecule has 2 N–H and O–H groups in total. The number of hydrogen-bond donors (Lipinski definition) is 2. The third-order valence-corrected chi connectivity index (χ3v) is 5.31. The van der Waals surface area contributed by atoms with Gasteiger partial charge in [-0.05, 0) is 37.3 Å². The van der Waals surface area contributed by atoms with Crippen molar-refractivity contribution in [2.75, 3.05) is 0 Å². The molecule has 5 nitrogen and oxygen atoms in total. The minimum absolute atomic E-state index is 0.0586. The highest BCUT2D eigenvalue weighted by molar-refractivity contribution is 7.90. The first-order valence-electron chi connectivity index (χ1n) is 6.79. The zero-order chi connectivity index (χ0) is 16.8. The number of halogens is 1. The third kappa shape index (κ3) is 2.65. The van der Waals surface area contributed by atoms with Gasteiger partial charge in [0.2, 0.25) is 0 Å². The number of hydrogen-bond acceptors (Lipinski definition) is 4. The minimum Gasteiger partial charge on any atom is -0.423 e. The number of benzene rings is 2. The average molecular weight is 333 g/mol. The smallest absolute Gasteiger partial charge is 0.423 e. The molecule has 0 saturated heterocycles. The number of rotatable bonds is 3. The van der Waals surface area contributed by atoms with Gasteiger partial charge in [0.05, 0.1) is 10.4 Å². The van der Waals surface area contributed by atoms with Crippen LogP contribution in [0.2, 0.25) is 0 Å². The second kappa shape index (κ2) is 5.49. The van der Waals surface area contributed by atoms with E-state index in [1.807, 2.05) is 6.92 Å². The summed E-state index contributed by atoms with van der Waals surface area (Å²) in [6.07, 6.45) is 1.10. The summed E-state index contributed by atoms with van der Waals surface area (Å²) in [5.74, 6) is -0.593. The Bertz CT molecular complexity index is 981. The van der Waals surface area contributed by atoms with E-state index < -0.39 is 23.0 Å². The fourth-order valence-electron chi connectivity index (χ4n) is 2.43. The zero-order valence-electron chi connectivity index (χ0n) is 12.1. The predicted molar refractivity (Wildman–Crippen MR) is 85.5 cm³/mol. The molecule has 0 spiro atoms. The minimum atomic E-state index is -3.94. The molecule has 0 atom stereocenters. The van der Waals surface area contributed by atoms with Crippen molar-refractivity contribution in [1.29, 1.82) is 0 Å². The van der Waals surface area contributed by atoms with Gasteiger partial charge in [0.1, 0.15) is 5.82 Å². The molecule has 3 rings (SSSR count). The van der Waals surface area contributed by atoms with Crippen LogP contribution < -0.4 is 5.46 Å². The van der Waals surface area contributed by atoms with E-state index in [0.717, 1.165) is 27.9 Å². The maximum atomic E-state index is 13.4. The predicted octanol–water partition coefficient (Wildman–Crippen LogP) is 1.01. The van der Waals surface area contributed by atoms with Gasteiger partial charge in [0.25, 0.3) is 10.0 Å². The number of aryl methyl sites for hydroxylation is 1. The number of aromatic nitrogens is 1. The highest BCUT2D eigenvalue weighted by Crippen LogP contribution is 2.22. The molecule has 1 aromatic heterocycles. The van der Waals surface area contributed by atoms with E-state index in [2.05, 4.69) is 0 Å². The van der Waals surface area contributed by atoms with E-state index in [0.29, 0.717) is 0 Å². The van der Waals surface area contributed by atoms with E-state index in [1.165, 1.54) is 18.2 Å². The lowest BCUT2D eigenvalue weighted by Gasteiger charge is -2.08. The van der Waals surface area contributed by atoms with Crippen molar-refractivity contribution < 1.29 is 22.9 Å². The molecule has 0 fully saturated rings. The van der Waals surface area contributed by atoms with Gasteiger partial charge in [-0.3, -0.25) is 0 Å². The van der Waals surface area contributed by atoms with Gasteiger partial charge in [-0.15, -0.1) is 0 Å². The van der Waals surface area contributed by atoms with E-state index in [9.17, 15) is 22.9 Å². The topological polar surface area (TPSA) is 79.5 Å².